The van der Waals surface area contributed by atoms with Crippen LogP contribution in [0.4, 0.5) is 0 Å². The first-order chi connectivity index (χ1) is 14.1. The molecule has 4 rings (SSSR count). The fourth-order valence-corrected chi connectivity index (χ4v) is 3.65. The van der Waals surface area contributed by atoms with Gasteiger partial charge < -0.3 is 15.0 Å². The number of nitrogens with one attached hydrogen (secondary N) is 2. The lowest BCUT2D eigenvalue weighted by Gasteiger charge is -2.11. The van der Waals surface area contributed by atoms with E-state index in [0.29, 0.717) is 12.4 Å². The summed E-state index contributed by atoms with van der Waals surface area (Å²) in [5.74, 6) is 1.36. The Labute approximate surface area is 174 Å². The first-order valence-corrected chi connectivity index (χ1v) is 10.2. The number of ether oxygens (including phenoxy) is 1. The average molecular weight is 414 g/mol. The number of hydrogen-bond donors (Lipinski definition) is 2. The number of amides is 1. The average Bonchev–Trinajstić information content (AvgIpc) is 3.47. The SMILES string of the molecule is CNC(=O)Cc1nc(CCc2ccc(-c3ccc(Cl)cc3)[nH]2)n(C2CCOC2)n1. The molecular formula is C21H24ClN5O2. The van der Waals surface area contributed by atoms with Gasteiger partial charge in [0.2, 0.25) is 5.91 Å². The van der Waals surface area contributed by atoms with Gasteiger partial charge in [-0.2, -0.15) is 5.10 Å². The van der Waals surface area contributed by atoms with Gasteiger partial charge in [-0.15, -0.1) is 0 Å². The van der Waals surface area contributed by atoms with Gasteiger partial charge in [-0.25, -0.2) is 9.67 Å². The van der Waals surface area contributed by atoms with Crippen molar-refractivity contribution in [1.82, 2.24) is 25.1 Å². The van der Waals surface area contributed by atoms with Crippen molar-refractivity contribution in [3.05, 3.63) is 58.8 Å². The summed E-state index contributed by atoms with van der Waals surface area (Å²) in [6, 6.07) is 12.1. The summed E-state index contributed by atoms with van der Waals surface area (Å²) in [6.45, 7) is 1.37. The molecule has 0 spiro atoms. The summed E-state index contributed by atoms with van der Waals surface area (Å²) < 4.78 is 7.47. The van der Waals surface area contributed by atoms with Gasteiger partial charge in [-0.05, 0) is 42.7 Å². The van der Waals surface area contributed by atoms with Gasteiger partial charge in [0, 0.05) is 36.5 Å². The van der Waals surface area contributed by atoms with E-state index in [0.717, 1.165) is 53.7 Å². The molecular weight excluding hydrogens is 390 g/mol. The van der Waals surface area contributed by atoms with Crippen LogP contribution in [0.2, 0.25) is 5.02 Å². The second-order valence-corrected chi connectivity index (χ2v) is 7.60. The van der Waals surface area contributed by atoms with Crippen molar-refractivity contribution in [3.63, 3.8) is 0 Å². The highest BCUT2D eigenvalue weighted by atomic mass is 35.5. The number of aromatic amines is 1. The monoisotopic (exact) mass is 413 g/mol. The highest BCUT2D eigenvalue weighted by Crippen LogP contribution is 2.23. The van der Waals surface area contributed by atoms with E-state index in [9.17, 15) is 4.79 Å². The van der Waals surface area contributed by atoms with Gasteiger partial charge in [0.1, 0.15) is 5.82 Å². The Hall–Kier alpha value is -2.64. The summed E-state index contributed by atoms with van der Waals surface area (Å²) >= 11 is 5.97. The molecule has 1 aliphatic rings. The van der Waals surface area contributed by atoms with Crippen molar-refractivity contribution in [1.29, 1.82) is 0 Å². The third kappa shape index (κ3) is 4.68. The fraction of sp³-hybridized carbons (Fsp3) is 0.381. The number of likely N-dealkylation sites (N-methyl/N-ethyl adjacent to an activating group) is 1. The van der Waals surface area contributed by atoms with Gasteiger partial charge in [-0.3, -0.25) is 4.79 Å². The number of aryl methyl sites for hydroxylation is 2. The maximum atomic E-state index is 11.7. The molecule has 3 heterocycles. The molecule has 0 bridgehead atoms. The van der Waals surface area contributed by atoms with Gasteiger partial charge in [0.15, 0.2) is 5.82 Å². The predicted molar refractivity (Wildman–Crippen MR) is 111 cm³/mol. The first-order valence-electron chi connectivity index (χ1n) is 9.79. The molecule has 152 valence electrons. The van der Waals surface area contributed by atoms with Crippen molar-refractivity contribution in [2.45, 2.75) is 31.7 Å². The van der Waals surface area contributed by atoms with Crippen LogP contribution in [0.25, 0.3) is 11.3 Å². The largest absolute Gasteiger partial charge is 0.379 e. The molecule has 7 nitrogen and oxygen atoms in total. The predicted octanol–water partition coefficient (Wildman–Crippen LogP) is 2.96. The van der Waals surface area contributed by atoms with Crippen LogP contribution in [-0.4, -0.2) is 45.9 Å². The minimum absolute atomic E-state index is 0.0895. The van der Waals surface area contributed by atoms with Gasteiger partial charge in [0.05, 0.1) is 19.1 Å². The zero-order valence-electron chi connectivity index (χ0n) is 16.3. The van der Waals surface area contributed by atoms with Crippen molar-refractivity contribution in [2.75, 3.05) is 20.3 Å². The number of carbonyl (C=O) groups excluding carboxylic acids is 1. The molecule has 1 saturated heterocycles. The zero-order chi connectivity index (χ0) is 20.2. The van der Waals surface area contributed by atoms with Crippen molar-refractivity contribution < 1.29 is 9.53 Å². The molecule has 3 aromatic rings. The minimum atomic E-state index is -0.0895. The van der Waals surface area contributed by atoms with Crippen molar-refractivity contribution in [2.24, 2.45) is 0 Å². The number of carbonyl (C=O) groups is 1. The third-order valence-corrected chi connectivity index (χ3v) is 5.37. The quantitative estimate of drug-likeness (QED) is 0.623. The molecule has 1 atom stereocenters. The van der Waals surface area contributed by atoms with E-state index in [2.05, 4.69) is 32.5 Å². The van der Waals surface area contributed by atoms with Crippen LogP contribution < -0.4 is 5.32 Å². The van der Waals surface area contributed by atoms with Gasteiger partial charge in [0.25, 0.3) is 0 Å². The highest BCUT2D eigenvalue weighted by Gasteiger charge is 2.23. The molecule has 1 fully saturated rings. The molecule has 1 aliphatic heterocycles. The van der Waals surface area contributed by atoms with E-state index in [1.807, 2.05) is 28.9 Å². The van der Waals surface area contributed by atoms with Gasteiger partial charge in [-0.1, -0.05) is 23.7 Å². The lowest BCUT2D eigenvalue weighted by atomic mass is 10.2. The Morgan fingerprint density at radius 3 is 2.83 bits per heavy atom. The normalized spacial score (nSPS) is 16.3. The number of hydrogen-bond acceptors (Lipinski definition) is 4. The van der Waals surface area contributed by atoms with Crippen molar-refractivity contribution in [3.8, 4) is 11.3 Å². The molecule has 8 heteroatoms. The van der Waals surface area contributed by atoms with E-state index in [1.54, 1.807) is 7.05 Å². The van der Waals surface area contributed by atoms with Crippen LogP contribution >= 0.6 is 11.6 Å². The summed E-state index contributed by atoms with van der Waals surface area (Å²) in [4.78, 5) is 19.8. The Bertz CT molecular complexity index is 973. The highest BCUT2D eigenvalue weighted by molar-refractivity contribution is 6.30. The molecule has 2 aromatic heterocycles. The summed E-state index contributed by atoms with van der Waals surface area (Å²) in [5, 5.41) is 7.95. The summed E-state index contributed by atoms with van der Waals surface area (Å²) in [5.41, 5.74) is 3.28. The van der Waals surface area contributed by atoms with Crippen LogP contribution in [0.3, 0.4) is 0 Å². The number of H-pyrrole nitrogens is 1. The molecule has 2 N–H and O–H groups in total. The molecule has 0 saturated carbocycles. The van der Waals surface area contributed by atoms with Gasteiger partial charge >= 0.3 is 0 Å². The number of halogens is 1. The standard InChI is InChI=1S/C21H24ClN5O2/c1-23-21(28)12-19-25-20(27(26-19)17-10-11-29-13-17)9-7-16-6-8-18(24-16)14-2-4-15(22)5-3-14/h2-6,8,17,24H,7,9-13H2,1H3,(H,23,28). The molecule has 0 radical (unpaired) electrons. The molecule has 1 unspecified atom stereocenters. The number of benzene rings is 1. The maximum Gasteiger partial charge on any atom is 0.227 e. The van der Waals surface area contributed by atoms with Crippen LogP contribution in [0.1, 0.15) is 29.8 Å². The van der Waals surface area contributed by atoms with E-state index in [4.69, 9.17) is 16.3 Å². The zero-order valence-corrected chi connectivity index (χ0v) is 17.1. The Balaban J connectivity index is 1.48. The number of nitrogens with zero attached hydrogens (tertiary/aromatic N) is 3. The number of rotatable bonds is 7. The Morgan fingerprint density at radius 2 is 2.10 bits per heavy atom. The van der Waals surface area contributed by atoms with Crippen molar-refractivity contribution >= 4 is 17.5 Å². The van der Waals surface area contributed by atoms with E-state index in [1.165, 1.54) is 0 Å². The maximum absolute atomic E-state index is 11.7. The van der Waals surface area contributed by atoms with Crippen LogP contribution in [-0.2, 0) is 28.8 Å². The summed E-state index contributed by atoms with van der Waals surface area (Å²) in [6.07, 6.45) is 2.64. The molecule has 1 aromatic carbocycles. The smallest absolute Gasteiger partial charge is 0.227 e. The second-order valence-electron chi connectivity index (χ2n) is 7.16. The fourth-order valence-electron chi connectivity index (χ4n) is 3.52. The third-order valence-electron chi connectivity index (χ3n) is 5.11. The lowest BCUT2D eigenvalue weighted by molar-refractivity contribution is -0.120. The van der Waals surface area contributed by atoms with Crippen LogP contribution in [0.15, 0.2) is 36.4 Å². The molecule has 1 amide bonds. The Morgan fingerprint density at radius 1 is 1.28 bits per heavy atom. The molecule has 29 heavy (non-hydrogen) atoms. The second kappa shape index (κ2) is 8.80. The van der Waals surface area contributed by atoms with E-state index >= 15 is 0 Å². The minimum Gasteiger partial charge on any atom is -0.379 e. The summed E-state index contributed by atoms with van der Waals surface area (Å²) in [7, 11) is 1.62. The van der Waals surface area contributed by atoms with E-state index in [-0.39, 0.29) is 18.4 Å². The lowest BCUT2D eigenvalue weighted by Crippen LogP contribution is -2.21. The number of aromatic nitrogens is 4. The first kappa shape index (κ1) is 19.7. The van der Waals surface area contributed by atoms with Crippen LogP contribution in [0.5, 0.6) is 0 Å². The van der Waals surface area contributed by atoms with Crippen LogP contribution in [0, 0.1) is 0 Å². The molecule has 0 aliphatic carbocycles. The Kier molecular flexibility index (Phi) is 5.97. The van der Waals surface area contributed by atoms with E-state index < -0.39 is 0 Å². The topological polar surface area (TPSA) is 84.8 Å².